The lowest BCUT2D eigenvalue weighted by molar-refractivity contribution is -0.121. The molecule has 1 aromatic carbocycles. The van der Waals surface area contributed by atoms with Crippen molar-refractivity contribution in [2.45, 2.75) is 82.8 Å². The van der Waals surface area contributed by atoms with Crippen molar-refractivity contribution in [2.75, 3.05) is 0 Å². The van der Waals surface area contributed by atoms with Gasteiger partial charge in [-0.1, -0.05) is 50.6 Å². The molecular weight excluding hydrogens is 382 g/mol. The minimum absolute atomic E-state index is 0.00693. The lowest BCUT2D eigenvalue weighted by Crippen LogP contribution is -2.44. The number of nitrogens with one attached hydrogen (secondary N) is 1. The lowest BCUT2D eigenvalue weighted by atomic mass is 9.78. The number of aromatic nitrogens is 2. The molecule has 1 saturated carbocycles. The molecule has 1 aromatic heterocycles. The number of benzene rings is 1. The van der Waals surface area contributed by atoms with Crippen LogP contribution in [-0.2, 0) is 4.79 Å². The molecule has 1 amide bonds. The molecule has 1 aliphatic carbocycles. The van der Waals surface area contributed by atoms with E-state index in [9.17, 15) is 9.59 Å². The van der Waals surface area contributed by atoms with Crippen molar-refractivity contribution in [1.29, 1.82) is 0 Å². The summed E-state index contributed by atoms with van der Waals surface area (Å²) < 4.78 is 1.88. The first kappa shape index (κ1) is 21.9. The van der Waals surface area contributed by atoms with Gasteiger partial charge in [0.1, 0.15) is 0 Å². The van der Waals surface area contributed by atoms with Gasteiger partial charge in [-0.05, 0) is 58.1 Å². The molecule has 1 heterocycles. The topological polar surface area (TPSA) is 64.0 Å². The van der Waals surface area contributed by atoms with Crippen LogP contribution in [0.2, 0.25) is 0 Å². The summed E-state index contributed by atoms with van der Waals surface area (Å²) in [6, 6.07) is 7.62. The Morgan fingerprint density at radius 2 is 1.93 bits per heavy atom. The van der Waals surface area contributed by atoms with Gasteiger partial charge >= 0.3 is 0 Å². The van der Waals surface area contributed by atoms with E-state index in [1.165, 1.54) is 18.2 Å². The summed E-state index contributed by atoms with van der Waals surface area (Å²) in [5, 5.41) is 3.98. The second-order valence-corrected chi connectivity index (χ2v) is 10.7. The fraction of sp³-hybridized carbons (Fsp3) is 0.609. The molecule has 1 N–H and O–H groups in total. The summed E-state index contributed by atoms with van der Waals surface area (Å²) in [7, 11) is 0. The third-order valence-electron chi connectivity index (χ3n) is 5.92. The molecule has 0 aliphatic heterocycles. The van der Waals surface area contributed by atoms with Gasteiger partial charge in [0.15, 0.2) is 5.16 Å². The molecule has 0 unspecified atom stereocenters. The quantitative estimate of drug-likeness (QED) is 0.576. The van der Waals surface area contributed by atoms with E-state index in [1.54, 1.807) is 0 Å². The second-order valence-electron chi connectivity index (χ2n) is 9.42. The zero-order chi connectivity index (χ0) is 21.3. The number of rotatable bonds is 4. The van der Waals surface area contributed by atoms with Gasteiger partial charge in [0.2, 0.25) is 5.91 Å². The van der Waals surface area contributed by atoms with Crippen molar-refractivity contribution in [1.82, 2.24) is 14.9 Å². The van der Waals surface area contributed by atoms with Gasteiger partial charge in [0, 0.05) is 11.6 Å². The zero-order valence-corrected chi connectivity index (χ0v) is 19.2. The van der Waals surface area contributed by atoms with Crippen LogP contribution in [0, 0.1) is 11.8 Å². The molecule has 3 rings (SSSR count). The van der Waals surface area contributed by atoms with Gasteiger partial charge in [-0.3, -0.25) is 14.2 Å². The highest BCUT2D eigenvalue weighted by molar-refractivity contribution is 8.00. The Labute approximate surface area is 177 Å². The van der Waals surface area contributed by atoms with E-state index in [1.807, 2.05) is 56.5 Å². The van der Waals surface area contributed by atoms with Crippen LogP contribution in [0.25, 0.3) is 10.9 Å². The van der Waals surface area contributed by atoms with Crippen LogP contribution in [-0.4, -0.2) is 26.2 Å². The fourth-order valence-electron chi connectivity index (χ4n) is 4.10. The Bertz CT molecular complexity index is 947. The number of amides is 1. The molecule has 1 fully saturated rings. The van der Waals surface area contributed by atoms with Gasteiger partial charge in [-0.2, -0.15) is 0 Å². The van der Waals surface area contributed by atoms with Crippen molar-refractivity contribution >= 4 is 28.6 Å². The highest BCUT2D eigenvalue weighted by Crippen LogP contribution is 2.39. The highest BCUT2D eigenvalue weighted by Gasteiger charge is 2.32. The predicted molar refractivity (Wildman–Crippen MR) is 120 cm³/mol. The predicted octanol–water partition coefficient (Wildman–Crippen LogP) is 4.79. The van der Waals surface area contributed by atoms with E-state index in [0.717, 1.165) is 12.8 Å². The fourth-order valence-corrected chi connectivity index (χ4v) is 5.07. The van der Waals surface area contributed by atoms with Gasteiger partial charge < -0.3 is 5.32 Å². The third kappa shape index (κ3) is 4.85. The first-order valence-electron chi connectivity index (χ1n) is 10.6. The van der Waals surface area contributed by atoms with Crippen LogP contribution in [0.5, 0.6) is 0 Å². The number of carbonyl (C=O) groups is 1. The minimum Gasteiger partial charge on any atom is -0.351 e. The summed E-state index contributed by atoms with van der Waals surface area (Å²) in [6.07, 6.45) is 3.28. The Kier molecular flexibility index (Phi) is 6.42. The third-order valence-corrected chi connectivity index (χ3v) is 6.99. The Hall–Kier alpha value is -1.82. The van der Waals surface area contributed by atoms with Crippen molar-refractivity contribution in [2.24, 2.45) is 11.8 Å². The molecule has 4 atom stereocenters. The average molecular weight is 416 g/mol. The first-order chi connectivity index (χ1) is 13.6. The zero-order valence-electron chi connectivity index (χ0n) is 18.4. The van der Waals surface area contributed by atoms with E-state index in [-0.39, 0.29) is 28.3 Å². The molecule has 5 nitrogen and oxygen atoms in total. The maximum atomic E-state index is 13.5. The number of para-hydroxylation sites is 1. The van der Waals surface area contributed by atoms with E-state index < -0.39 is 0 Å². The van der Waals surface area contributed by atoms with Crippen molar-refractivity contribution < 1.29 is 4.79 Å². The first-order valence-corrected chi connectivity index (χ1v) is 11.5. The van der Waals surface area contributed by atoms with Crippen LogP contribution in [0.15, 0.2) is 34.2 Å². The molecule has 1 aliphatic rings. The average Bonchev–Trinajstić information content (AvgIpc) is 2.63. The Balaban J connectivity index is 2.05. The summed E-state index contributed by atoms with van der Waals surface area (Å²) in [4.78, 5) is 31.0. The lowest BCUT2D eigenvalue weighted by Gasteiger charge is -2.36. The molecule has 0 bridgehead atoms. The number of fused-ring (bicyclic) bond motifs is 1. The molecule has 0 radical (unpaired) electrons. The maximum absolute atomic E-state index is 13.5. The van der Waals surface area contributed by atoms with E-state index in [2.05, 4.69) is 19.2 Å². The molecule has 0 saturated heterocycles. The number of nitrogens with zero attached hydrogens (tertiary/aromatic N) is 2. The van der Waals surface area contributed by atoms with Crippen molar-refractivity contribution in [3.63, 3.8) is 0 Å². The van der Waals surface area contributed by atoms with Crippen LogP contribution in [0.1, 0.15) is 66.8 Å². The van der Waals surface area contributed by atoms with Gasteiger partial charge in [-0.25, -0.2) is 4.98 Å². The summed E-state index contributed by atoms with van der Waals surface area (Å²) in [5.74, 6) is 0.913. The Morgan fingerprint density at radius 1 is 1.24 bits per heavy atom. The monoisotopic (exact) mass is 415 g/mol. The summed E-state index contributed by atoms with van der Waals surface area (Å²) >= 11 is 1.38. The Morgan fingerprint density at radius 3 is 2.62 bits per heavy atom. The van der Waals surface area contributed by atoms with E-state index in [4.69, 9.17) is 4.98 Å². The largest absolute Gasteiger partial charge is 0.351 e. The van der Waals surface area contributed by atoms with Crippen molar-refractivity contribution in [3.05, 3.63) is 34.6 Å². The molecule has 158 valence electrons. The number of carbonyl (C=O) groups excluding carboxylic acids is 1. The highest BCUT2D eigenvalue weighted by atomic mass is 32.2. The van der Waals surface area contributed by atoms with Crippen LogP contribution >= 0.6 is 11.8 Å². The van der Waals surface area contributed by atoms with Crippen molar-refractivity contribution in [3.8, 4) is 0 Å². The molecular formula is C23H33N3O2S. The van der Waals surface area contributed by atoms with Gasteiger partial charge in [0.05, 0.1) is 16.2 Å². The minimum atomic E-state index is -0.343. The standard InChI is InChI=1S/C23H33N3O2S/c1-14-10-9-13-19(15(14)2)26-21(28)17-11-7-8-12-18(17)24-22(26)29-16(3)20(27)25-23(4,5)6/h7-8,11-12,14-16,19H,9-10,13H2,1-6H3,(H,25,27)/t14-,15-,16+,19-/m1/s1. The van der Waals surface area contributed by atoms with Crippen LogP contribution < -0.4 is 10.9 Å². The number of hydrogen-bond acceptors (Lipinski definition) is 4. The number of thioether (sulfide) groups is 1. The SMILES string of the molecule is C[C@@H]1[C@H](C)CCC[C@H]1n1c(S[C@@H](C)C(=O)NC(C)(C)C)nc2ccccc2c1=O. The summed E-state index contributed by atoms with van der Waals surface area (Å²) in [6.45, 7) is 12.3. The smallest absolute Gasteiger partial charge is 0.262 e. The van der Waals surface area contributed by atoms with Gasteiger partial charge in [0.25, 0.3) is 5.56 Å². The molecule has 0 spiro atoms. The molecule has 29 heavy (non-hydrogen) atoms. The van der Waals surface area contributed by atoms with Gasteiger partial charge in [-0.15, -0.1) is 0 Å². The number of hydrogen-bond donors (Lipinski definition) is 1. The maximum Gasteiger partial charge on any atom is 0.262 e. The summed E-state index contributed by atoms with van der Waals surface area (Å²) in [5.41, 5.74) is 0.402. The molecule has 2 aromatic rings. The molecule has 6 heteroatoms. The van der Waals surface area contributed by atoms with E-state index in [0.29, 0.717) is 27.9 Å². The van der Waals surface area contributed by atoms with Crippen LogP contribution in [0.4, 0.5) is 0 Å². The normalized spacial score (nSPS) is 23.7. The second kappa shape index (κ2) is 8.50. The van der Waals surface area contributed by atoms with Crippen LogP contribution in [0.3, 0.4) is 0 Å². The van der Waals surface area contributed by atoms with E-state index >= 15 is 0 Å².